The van der Waals surface area contributed by atoms with Gasteiger partial charge in [-0.2, -0.15) is 0 Å². The molecule has 4 aromatic rings. The van der Waals surface area contributed by atoms with Crippen LogP contribution < -0.4 is 5.32 Å². The van der Waals surface area contributed by atoms with Gasteiger partial charge in [0.25, 0.3) is 5.91 Å². The van der Waals surface area contributed by atoms with Crippen molar-refractivity contribution in [3.63, 3.8) is 0 Å². The minimum Gasteiger partial charge on any atom is -0.444 e. The lowest BCUT2D eigenvalue weighted by molar-refractivity contribution is -0.149. The minimum atomic E-state index is -1.15. The average molecular weight is 413 g/mol. The zero-order chi connectivity index (χ0) is 21.6. The summed E-state index contributed by atoms with van der Waals surface area (Å²) >= 11 is 0. The highest BCUT2D eigenvalue weighted by molar-refractivity contribution is 5.97. The standard InChI is InChI=1S/C24H19N3O4/c1-16-15-21(27-31-16)26-24(29)23(18-8-3-2-4-9-18)30-22(28)14-13-19-12-11-17-7-5-6-10-20(17)25-19/h2-15,23H,1H3,(H,26,27,29)/b14-13+. The van der Waals surface area contributed by atoms with Crippen LogP contribution in [-0.4, -0.2) is 22.0 Å². The molecule has 0 radical (unpaired) electrons. The van der Waals surface area contributed by atoms with Crippen LogP contribution in [0.4, 0.5) is 5.82 Å². The summed E-state index contributed by atoms with van der Waals surface area (Å²) in [4.78, 5) is 29.7. The summed E-state index contributed by atoms with van der Waals surface area (Å²) in [7, 11) is 0. The third kappa shape index (κ3) is 5.02. The molecule has 0 fully saturated rings. The number of benzene rings is 2. The van der Waals surface area contributed by atoms with Gasteiger partial charge in [0.05, 0.1) is 11.2 Å². The maximum atomic E-state index is 12.8. The van der Waals surface area contributed by atoms with Gasteiger partial charge in [0.2, 0.25) is 6.10 Å². The van der Waals surface area contributed by atoms with E-state index in [1.165, 1.54) is 6.08 Å². The van der Waals surface area contributed by atoms with Crippen LogP contribution >= 0.6 is 0 Å². The quantitative estimate of drug-likeness (QED) is 0.370. The van der Waals surface area contributed by atoms with Crippen molar-refractivity contribution in [2.24, 2.45) is 0 Å². The summed E-state index contributed by atoms with van der Waals surface area (Å²) in [5.74, 6) is -0.412. The maximum absolute atomic E-state index is 12.8. The molecule has 0 saturated heterocycles. The normalized spacial score (nSPS) is 12.0. The third-order valence-electron chi connectivity index (χ3n) is 4.46. The van der Waals surface area contributed by atoms with E-state index in [4.69, 9.17) is 9.26 Å². The fourth-order valence-corrected chi connectivity index (χ4v) is 3.00. The third-order valence-corrected chi connectivity index (χ3v) is 4.46. The van der Waals surface area contributed by atoms with Gasteiger partial charge in [-0.05, 0) is 25.1 Å². The van der Waals surface area contributed by atoms with Crippen LogP contribution in [0, 0.1) is 6.92 Å². The van der Waals surface area contributed by atoms with Crippen LogP contribution in [0.25, 0.3) is 17.0 Å². The number of anilines is 1. The molecule has 0 bridgehead atoms. The van der Waals surface area contributed by atoms with Gasteiger partial charge in [-0.15, -0.1) is 0 Å². The average Bonchev–Trinajstić information content (AvgIpc) is 3.20. The van der Waals surface area contributed by atoms with Crippen molar-refractivity contribution in [2.45, 2.75) is 13.0 Å². The molecule has 7 nitrogen and oxygen atoms in total. The van der Waals surface area contributed by atoms with E-state index in [1.807, 2.05) is 36.4 Å². The molecule has 2 aromatic carbocycles. The summed E-state index contributed by atoms with van der Waals surface area (Å²) < 4.78 is 10.4. The molecule has 2 aromatic heterocycles. The monoisotopic (exact) mass is 413 g/mol. The smallest absolute Gasteiger partial charge is 0.331 e. The molecular formula is C24H19N3O4. The second-order valence-corrected chi connectivity index (χ2v) is 6.80. The van der Waals surface area contributed by atoms with Crippen molar-refractivity contribution < 1.29 is 18.8 Å². The summed E-state index contributed by atoms with van der Waals surface area (Å²) in [6.07, 6.45) is 1.65. The Kier molecular flexibility index (Phi) is 5.84. The Hall–Kier alpha value is -4.26. The Bertz CT molecular complexity index is 1250. The van der Waals surface area contributed by atoms with Gasteiger partial charge < -0.3 is 14.6 Å². The van der Waals surface area contributed by atoms with Crippen molar-refractivity contribution in [3.8, 4) is 0 Å². The highest BCUT2D eigenvalue weighted by atomic mass is 16.5. The van der Waals surface area contributed by atoms with Gasteiger partial charge >= 0.3 is 5.97 Å². The van der Waals surface area contributed by atoms with Crippen molar-refractivity contribution in [2.75, 3.05) is 5.32 Å². The number of ether oxygens (including phenoxy) is 1. The SMILES string of the molecule is Cc1cc(NC(=O)C(OC(=O)/C=C/c2ccc3ccccc3n2)c2ccccc2)no1. The number of aromatic nitrogens is 2. The molecule has 31 heavy (non-hydrogen) atoms. The topological polar surface area (TPSA) is 94.3 Å². The fraction of sp³-hybridized carbons (Fsp3) is 0.0833. The number of fused-ring (bicyclic) bond motifs is 1. The number of hydrogen-bond donors (Lipinski definition) is 1. The van der Waals surface area contributed by atoms with Crippen molar-refractivity contribution in [1.29, 1.82) is 0 Å². The number of para-hydroxylation sites is 1. The van der Waals surface area contributed by atoms with E-state index in [9.17, 15) is 9.59 Å². The molecule has 4 rings (SSSR count). The van der Waals surface area contributed by atoms with E-state index in [0.29, 0.717) is 17.0 Å². The second-order valence-electron chi connectivity index (χ2n) is 6.80. The minimum absolute atomic E-state index is 0.246. The first-order chi connectivity index (χ1) is 15.1. The first-order valence-corrected chi connectivity index (χ1v) is 9.62. The molecule has 1 amide bonds. The molecular weight excluding hydrogens is 394 g/mol. The number of aryl methyl sites for hydroxylation is 1. The Balaban J connectivity index is 1.50. The predicted octanol–water partition coefficient (Wildman–Crippen LogP) is 4.47. The summed E-state index contributed by atoms with van der Waals surface area (Å²) in [6.45, 7) is 1.71. The van der Waals surface area contributed by atoms with E-state index < -0.39 is 18.0 Å². The number of nitrogens with one attached hydrogen (secondary N) is 1. The largest absolute Gasteiger partial charge is 0.444 e. The van der Waals surface area contributed by atoms with Crippen LogP contribution in [0.2, 0.25) is 0 Å². The fourth-order valence-electron chi connectivity index (χ4n) is 3.00. The van der Waals surface area contributed by atoms with Gasteiger partial charge in [0.1, 0.15) is 5.76 Å². The van der Waals surface area contributed by atoms with Crippen molar-refractivity contribution in [3.05, 3.63) is 95.9 Å². The van der Waals surface area contributed by atoms with Crippen LogP contribution in [0.3, 0.4) is 0 Å². The molecule has 2 heterocycles. The van der Waals surface area contributed by atoms with E-state index in [2.05, 4.69) is 15.5 Å². The molecule has 7 heteroatoms. The number of rotatable bonds is 6. The van der Waals surface area contributed by atoms with Crippen LogP contribution in [-0.2, 0) is 14.3 Å². The number of carbonyl (C=O) groups excluding carboxylic acids is 2. The molecule has 1 N–H and O–H groups in total. The lowest BCUT2D eigenvalue weighted by Gasteiger charge is -2.16. The van der Waals surface area contributed by atoms with Gasteiger partial charge in [-0.1, -0.05) is 59.8 Å². The predicted molar refractivity (Wildman–Crippen MR) is 116 cm³/mol. The van der Waals surface area contributed by atoms with E-state index in [1.54, 1.807) is 49.4 Å². The molecule has 154 valence electrons. The van der Waals surface area contributed by atoms with Crippen LogP contribution in [0.5, 0.6) is 0 Å². The summed E-state index contributed by atoms with van der Waals surface area (Å²) in [5, 5.41) is 7.35. The second kappa shape index (κ2) is 9.04. The van der Waals surface area contributed by atoms with Crippen molar-refractivity contribution >= 4 is 34.7 Å². The van der Waals surface area contributed by atoms with Gasteiger partial charge in [-0.25, -0.2) is 9.78 Å². The molecule has 0 aliphatic carbocycles. The highest BCUT2D eigenvalue weighted by Gasteiger charge is 2.25. The van der Waals surface area contributed by atoms with E-state index >= 15 is 0 Å². The number of hydrogen-bond acceptors (Lipinski definition) is 6. The molecule has 0 aliphatic rings. The molecule has 1 unspecified atom stereocenters. The number of amides is 1. The number of carbonyl (C=O) groups is 2. The zero-order valence-corrected chi connectivity index (χ0v) is 16.7. The number of esters is 1. The first kappa shape index (κ1) is 20.0. The molecule has 0 spiro atoms. The molecule has 0 saturated carbocycles. The van der Waals surface area contributed by atoms with Crippen LogP contribution in [0.15, 0.2) is 83.4 Å². The van der Waals surface area contributed by atoms with Crippen LogP contribution in [0.1, 0.15) is 23.1 Å². The Labute approximate surface area is 178 Å². The Morgan fingerprint density at radius 1 is 1.03 bits per heavy atom. The molecule has 0 aliphatic heterocycles. The molecule has 1 atom stereocenters. The summed E-state index contributed by atoms with van der Waals surface area (Å²) in [6, 6.07) is 21.8. The summed E-state index contributed by atoms with van der Waals surface area (Å²) in [5.41, 5.74) is 1.96. The Morgan fingerprint density at radius 3 is 2.58 bits per heavy atom. The number of pyridine rings is 1. The first-order valence-electron chi connectivity index (χ1n) is 9.62. The highest BCUT2D eigenvalue weighted by Crippen LogP contribution is 2.21. The van der Waals surface area contributed by atoms with Gasteiger partial charge in [0.15, 0.2) is 5.82 Å². The number of nitrogens with zero attached hydrogens (tertiary/aromatic N) is 2. The van der Waals surface area contributed by atoms with E-state index in [-0.39, 0.29) is 5.82 Å². The van der Waals surface area contributed by atoms with E-state index in [0.717, 1.165) is 10.9 Å². The maximum Gasteiger partial charge on any atom is 0.331 e. The van der Waals surface area contributed by atoms with Crippen molar-refractivity contribution in [1.82, 2.24) is 10.1 Å². The Morgan fingerprint density at radius 2 is 1.81 bits per heavy atom. The van der Waals surface area contributed by atoms with Gasteiger partial charge in [-0.3, -0.25) is 4.79 Å². The zero-order valence-electron chi connectivity index (χ0n) is 16.7. The van der Waals surface area contributed by atoms with Gasteiger partial charge in [0, 0.05) is 23.1 Å². The lowest BCUT2D eigenvalue weighted by atomic mass is 10.1. The lowest BCUT2D eigenvalue weighted by Crippen LogP contribution is -2.25.